The van der Waals surface area contributed by atoms with Crippen LogP contribution in [0.5, 0.6) is 11.5 Å². The average Bonchev–Trinajstić information content (AvgIpc) is 2.50. The van der Waals surface area contributed by atoms with Crippen molar-refractivity contribution < 1.29 is 9.47 Å². The summed E-state index contributed by atoms with van der Waals surface area (Å²) in [5.74, 6) is 1.74. The van der Waals surface area contributed by atoms with Gasteiger partial charge in [0.05, 0.1) is 14.2 Å². The summed E-state index contributed by atoms with van der Waals surface area (Å²) in [5.41, 5.74) is 2.37. The summed E-state index contributed by atoms with van der Waals surface area (Å²) in [6.45, 7) is 9.42. The van der Waals surface area contributed by atoms with Crippen molar-refractivity contribution in [3.8, 4) is 11.5 Å². The van der Waals surface area contributed by atoms with Crippen LogP contribution >= 0.6 is 0 Å². The number of hydrogen-bond donors (Lipinski definition) is 1. The van der Waals surface area contributed by atoms with Crippen molar-refractivity contribution in [1.29, 1.82) is 0 Å². The van der Waals surface area contributed by atoms with Crippen molar-refractivity contribution in [2.45, 2.75) is 39.2 Å². The van der Waals surface area contributed by atoms with E-state index in [1.165, 1.54) is 5.57 Å². The number of benzene rings is 1. The fraction of sp³-hybridized carbons (Fsp3) is 0.529. The first kappa shape index (κ1) is 16.6. The minimum Gasteiger partial charge on any atom is -0.497 e. The molecule has 112 valence electrons. The lowest BCUT2D eigenvalue weighted by Gasteiger charge is -2.22. The van der Waals surface area contributed by atoms with Crippen molar-refractivity contribution in [3.63, 3.8) is 0 Å². The molecule has 1 N–H and O–H groups in total. The van der Waals surface area contributed by atoms with E-state index < -0.39 is 0 Å². The molecule has 20 heavy (non-hydrogen) atoms. The van der Waals surface area contributed by atoms with Gasteiger partial charge in [0.25, 0.3) is 0 Å². The summed E-state index contributed by atoms with van der Waals surface area (Å²) in [7, 11) is 3.39. The van der Waals surface area contributed by atoms with Gasteiger partial charge >= 0.3 is 0 Å². The number of rotatable bonds is 9. The Labute approximate surface area is 123 Å². The van der Waals surface area contributed by atoms with Gasteiger partial charge in [-0.1, -0.05) is 26.0 Å². The topological polar surface area (TPSA) is 30.5 Å². The first-order valence-corrected chi connectivity index (χ1v) is 7.28. The summed E-state index contributed by atoms with van der Waals surface area (Å²) in [6, 6.07) is 6.15. The predicted octanol–water partition coefficient (Wildman–Crippen LogP) is 4.10. The highest BCUT2D eigenvalue weighted by molar-refractivity contribution is 5.42. The zero-order chi connectivity index (χ0) is 15.0. The van der Waals surface area contributed by atoms with Crippen LogP contribution in [0.4, 0.5) is 0 Å². The van der Waals surface area contributed by atoms with E-state index in [4.69, 9.17) is 9.47 Å². The summed E-state index contributed by atoms with van der Waals surface area (Å²) >= 11 is 0. The van der Waals surface area contributed by atoms with E-state index in [0.717, 1.165) is 42.9 Å². The standard InChI is InChI=1S/C17H27NO2/c1-6-10-18-16(11-13(3)7-2)15-12-14(19-4)8-9-17(15)20-5/h8-9,12,16,18H,3,6-7,10-11H2,1-2,4-5H3. The van der Waals surface area contributed by atoms with Crippen LogP contribution in [0.15, 0.2) is 30.4 Å². The molecule has 0 saturated carbocycles. The fourth-order valence-corrected chi connectivity index (χ4v) is 2.16. The molecule has 0 aliphatic heterocycles. The average molecular weight is 277 g/mol. The van der Waals surface area contributed by atoms with Gasteiger partial charge in [0.1, 0.15) is 11.5 Å². The lowest BCUT2D eigenvalue weighted by molar-refractivity contribution is 0.388. The second kappa shape index (κ2) is 8.64. The monoisotopic (exact) mass is 277 g/mol. The van der Waals surface area contributed by atoms with Crippen molar-refractivity contribution in [2.75, 3.05) is 20.8 Å². The Morgan fingerprint density at radius 1 is 1.25 bits per heavy atom. The second-order valence-corrected chi connectivity index (χ2v) is 4.92. The molecule has 0 heterocycles. The molecule has 3 heteroatoms. The third-order valence-corrected chi connectivity index (χ3v) is 3.45. The fourth-order valence-electron chi connectivity index (χ4n) is 2.16. The van der Waals surface area contributed by atoms with E-state index in [1.807, 2.05) is 12.1 Å². The maximum absolute atomic E-state index is 5.50. The van der Waals surface area contributed by atoms with Crippen molar-refractivity contribution >= 4 is 0 Å². The van der Waals surface area contributed by atoms with Crippen LogP contribution in [-0.4, -0.2) is 20.8 Å². The van der Waals surface area contributed by atoms with Gasteiger partial charge in [0.15, 0.2) is 0 Å². The minimum atomic E-state index is 0.215. The maximum Gasteiger partial charge on any atom is 0.123 e. The predicted molar refractivity (Wildman–Crippen MR) is 84.6 cm³/mol. The smallest absolute Gasteiger partial charge is 0.123 e. The van der Waals surface area contributed by atoms with E-state index in [9.17, 15) is 0 Å². The first-order chi connectivity index (χ1) is 9.65. The molecule has 0 spiro atoms. The van der Waals surface area contributed by atoms with E-state index in [0.29, 0.717) is 0 Å². The molecular formula is C17H27NO2. The second-order valence-electron chi connectivity index (χ2n) is 4.92. The number of methoxy groups -OCH3 is 2. The molecule has 0 radical (unpaired) electrons. The molecule has 1 unspecified atom stereocenters. The van der Waals surface area contributed by atoms with Crippen LogP contribution in [0.25, 0.3) is 0 Å². The summed E-state index contributed by atoms with van der Waals surface area (Å²) in [6.07, 6.45) is 3.01. The zero-order valence-electron chi connectivity index (χ0n) is 13.2. The summed E-state index contributed by atoms with van der Waals surface area (Å²) < 4.78 is 10.8. The Balaban J connectivity index is 3.05. The SMILES string of the molecule is C=C(CC)CC(NCCC)c1cc(OC)ccc1OC. The molecule has 0 fully saturated rings. The third-order valence-electron chi connectivity index (χ3n) is 3.45. The molecule has 1 aromatic carbocycles. The summed E-state index contributed by atoms with van der Waals surface area (Å²) in [4.78, 5) is 0. The quantitative estimate of drug-likeness (QED) is 0.689. The molecule has 0 aliphatic carbocycles. The zero-order valence-corrected chi connectivity index (χ0v) is 13.2. The van der Waals surface area contributed by atoms with E-state index in [-0.39, 0.29) is 6.04 Å². The van der Waals surface area contributed by atoms with Gasteiger partial charge in [-0.05, 0) is 44.0 Å². The highest BCUT2D eigenvalue weighted by Crippen LogP contribution is 2.32. The Kier molecular flexibility index (Phi) is 7.16. The highest BCUT2D eigenvalue weighted by atomic mass is 16.5. The molecule has 0 amide bonds. The van der Waals surface area contributed by atoms with E-state index in [2.05, 4.69) is 31.8 Å². The van der Waals surface area contributed by atoms with Crippen LogP contribution in [0.2, 0.25) is 0 Å². The van der Waals surface area contributed by atoms with Crippen molar-refractivity contribution in [1.82, 2.24) is 5.32 Å². The molecule has 0 aliphatic rings. The van der Waals surface area contributed by atoms with Gasteiger partial charge in [0, 0.05) is 11.6 Å². The van der Waals surface area contributed by atoms with Crippen LogP contribution in [-0.2, 0) is 0 Å². The van der Waals surface area contributed by atoms with Crippen LogP contribution < -0.4 is 14.8 Å². The van der Waals surface area contributed by atoms with E-state index in [1.54, 1.807) is 14.2 Å². The Morgan fingerprint density at radius 3 is 2.55 bits per heavy atom. The van der Waals surface area contributed by atoms with Crippen LogP contribution in [0.3, 0.4) is 0 Å². The molecule has 1 rings (SSSR count). The van der Waals surface area contributed by atoms with E-state index >= 15 is 0 Å². The van der Waals surface area contributed by atoms with Gasteiger partial charge in [-0.2, -0.15) is 0 Å². The Hall–Kier alpha value is -1.48. The van der Waals surface area contributed by atoms with Gasteiger partial charge < -0.3 is 14.8 Å². The molecule has 0 bridgehead atoms. The number of ether oxygens (including phenoxy) is 2. The molecule has 0 saturated heterocycles. The minimum absolute atomic E-state index is 0.215. The molecule has 3 nitrogen and oxygen atoms in total. The summed E-state index contributed by atoms with van der Waals surface area (Å²) in [5, 5.41) is 3.58. The Morgan fingerprint density at radius 2 is 2.00 bits per heavy atom. The molecule has 1 aromatic rings. The lowest BCUT2D eigenvalue weighted by Crippen LogP contribution is -2.23. The highest BCUT2D eigenvalue weighted by Gasteiger charge is 2.17. The first-order valence-electron chi connectivity index (χ1n) is 7.28. The number of hydrogen-bond acceptors (Lipinski definition) is 3. The van der Waals surface area contributed by atoms with Gasteiger partial charge in [0.2, 0.25) is 0 Å². The van der Waals surface area contributed by atoms with Gasteiger partial charge in [-0.3, -0.25) is 0 Å². The van der Waals surface area contributed by atoms with Crippen molar-refractivity contribution in [3.05, 3.63) is 35.9 Å². The maximum atomic E-state index is 5.50. The molecular weight excluding hydrogens is 250 g/mol. The number of nitrogens with one attached hydrogen (secondary N) is 1. The normalized spacial score (nSPS) is 12.0. The lowest BCUT2D eigenvalue weighted by atomic mass is 9.97. The third kappa shape index (κ3) is 4.57. The molecule has 0 aromatic heterocycles. The molecule has 1 atom stereocenters. The largest absolute Gasteiger partial charge is 0.497 e. The van der Waals surface area contributed by atoms with Crippen molar-refractivity contribution in [2.24, 2.45) is 0 Å². The van der Waals surface area contributed by atoms with Gasteiger partial charge in [-0.15, -0.1) is 0 Å². The van der Waals surface area contributed by atoms with Crippen LogP contribution in [0, 0.1) is 0 Å². The Bertz CT molecular complexity index is 429. The van der Waals surface area contributed by atoms with Gasteiger partial charge in [-0.25, -0.2) is 0 Å². The van der Waals surface area contributed by atoms with Crippen LogP contribution in [0.1, 0.15) is 44.7 Å².